The Balaban J connectivity index is 1.61. The Morgan fingerprint density at radius 2 is 1.07 bits per heavy atom. The summed E-state index contributed by atoms with van der Waals surface area (Å²) in [6.07, 6.45) is -6.55. The molecule has 3 aromatic rings. The minimum Gasteiger partial charge on any atom is -0.368 e. The van der Waals surface area contributed by atoms with E-state index < -0.39 is 52.9 Å². The zero-order valence-electron chi connectivity index (χ0n) is 21.2. The minimum absolute atomic E-state index is 0.00984. The van der Waals surface area contributed by atoms with Gasteiger partial charge in [-0.1, -0.05) is 91.0 Å². The minimum atomic E-state index is -5.93. The molecule has 0 unspecified atom stereocenters. The lowest BCUT2D eigenvalue weighted by Crippen LogP contribution is -2.61. The lowest BCUT2D eigenvalue weighted by Gasteiger charge is -2.44. The van der Waals surface area contributed by atoms with E-state index in [0.29, 0.717) is 0 Å². The fourth-order valence-corrected chi connectivity index (χ4v) is 4.57. The zero-order valence-corrected chi connectivity index (χ0v) is 22.0. The third-order valence-corrected chi connectivity index (χ3v) is 7.15. The van der Waals surface area contributed by atoms with E-state index in [1.807, 2.05) is 60.7 Å². The second kappa shape index (κ2) is 13.7. The molecule has 1 aliphatic heterocycles. The summed E-state index contributed by atoms with van der Waals surface area (Å²) in [5.41, 5.74) is -3.33. The van der Waals surface area contributed by atoms with Crippen molar-refractivity contribution in [2.45, 2.75) is 56.0 Å². The molecule has 1 heterocycles. The van der Waals surface area contributed by atoms with Crippen molar-refractivity contribution < 1.29 is 49.8 Å². The second-order valence-electron chi connectivity index (χ2n) is 9.03. The first-order valence-electron chi connectivity index (χ1n) is 12.4. The predicted molar refractivity (Wildman–Crippen MR) is 137 cm³/mol. The smallest absolute Gasteiger partial charge is 0.368 e. The van der Waals surface area contributed by atoms with Gasteiger partial charge in [-0.2, -0.15) is 21.6 Å². The summed E-state index contributed by atoms with van der Waals surface area (Å²) in [5, 5.41) is 10.9. The van der Waals surface area contributed by atoms with Crippen LogP contribution in [0.4, 0.5) is 13.2 Å². The third kappa shape index (κ3) is 8.10. The topological polar surface area (TPSA) is 101 Å². The van der Waals surface area contributed by atoms with E-state index in [1.165, 1.54) is 0 Å². The van der Waals surface area contributed by atoms with Gasteiger partial charge in [0.25, 0.3) is 0 Å². The van der Waals surface area contributed by atoms with Crippen LogP contribution in [0.15, 0.2) is 91.0 Å². The number of halogens is 3. The molecule has 0 spiro atoms. The summed E-state index contributed by atoms with van der Waals surface area (Å²) in [6.45, 7) is -0.978. The number of alkyl halides is 3. The van der Waals surface area contributed by atoms with Crippen molar-refractivity contribution in [2.24, 2.45) is 0 Å². The van der Waals surface area contributed by atoms with Crippen LogP contribution >= 0.6 is 0 Å². The molecule has 8 nitrogen and oxygen atoms in total. The van der Waals surface area contributed by atoms with Gasteiger partial charge < -0.3 is 24.1 Å². The first-order valence-corrected chi connectivity index (χ1v) is 13.8. The average Bonchev–Trinajstić information content (AvgIpc) is 2.95. The first kappa shape index (κ1) is 30.1. The highest BCUT2D eigenvalue weighted by molar-refractivity contribution is 7.87. The number of hydrogen-bond acceptors (Lipinski definition) is 8. The highest BCUT2D eigenvalue weighted by Crippen LogP contribution is 2.31. The summed E-state index contributed by atoms with van der Waals surface area (Å²) >= 11 is 0. The quantitative estimate of drug-likeness (QED) is 0.249. The molecule has 1 N–H and O–H groups in total. The van der Waals surface area contributed by atoms with Crippen molar-refractivity contribution in [3.63, 3.8) is 0 Å². The van der Waals surface area contributed by atoms with Crippen molar-refractivity contribution in [3.8, 4) is 0 Å². The maximum absolute atomic E-state index is 13.0. The average molecular weight is 583 g/mol. The van der Waals surface area contributed by atoms with Crippen molar-refractivity contribution in [1.82, 2.24) is 0 Å². The summed E-state index contributed by atoms with van der Waals surface area (Å²) in [7, 11) is -5.93. The number of aliphatic hydroxyl groups excluding tert-OH is 1. The van der Waals surface area contributed by atoms with E-state index >= 15 is 0 Å². The van der Waals surface area contributed by atoms with Gasteiger partial charge in [0.15, 0.2) is 6.29 Å². The molecule has 0 aliphatic carbocycles. The summed E-state index contributed by atoms with van der Waals surface area (Å²) < 4.78 is 90.2. The Kier molecular flexibility index (Phi) is 10.3. The Morgan fingerprint density at radius 1 is 0.675 bits per heavy atom. The molecular formula is C28H29F3O8S. The van der Waals surface area contributed by atoms with E-state index in [-0.39, 0.29) is 19.8 Å². The maximum atomic E-state index is 13.0. The van der Waals surface area contributed by atoms with E-state index in [9.17, 15) is 26.7 Å². The van der Waals surface area contributed by atoms with E-state index in [4.69, 9.17) is 18.9 Å². The predicted octanol–water partition coefficient (Wildman–Crippen LogP) is 4.33. The Labute approximate surface area is 230 Å². The highest BCUT2D eigenvalue weighted by atomic mass is 32.2. The van der Waals surface area contributed by atoms with Gasteiger partial charge in [0, 0.05) is 0 Å². The van der Waals surface area contributed by atoms with Gasteiger partial charge in [0.05, 0.1) is 26.4 Å². The van der Waals surface area contributed by atoms with E-state index in [1.54, 1.807) is 30.3 Å². The summed E-state index contributed by atoms with van der Waals surface area (Å²) in [5.74, 6) is 0. The molecule has 0 aromatic heterocycles. The van der Waals surface area contributed by atoms with Crippen LogP contribution < -0.4 is 0 Å². The first-order chi connectivity index (χ1) is 19.1. The van der Waals surface area contributed by atoms with Gasteiger partial charge in [-0.15, -0.1) is 0 Å². The van der Waals surface area contributed by atoms with Gasteiger partial charge in [-0.05, 0) is 16.7 Å². The van der Waals surface area contributed by atoms with Crippen molar-refractivity contribution in [3.05, 3.63) is 108 Å². The number of aliphatic hydroxyl groups is 1. The zero-order chi connectivity index (χ0) is 28.6. The molecule has 216 valence electrons. The molecule has 3 aromatic carbocycles. The molecule has 0 saturated carbocycles. The second-order valence-corrected chi connectivity index (χ2v) is 10.6. The SMILES string of the molecule is O=S(=O)(OC[C@H]1O[C@H](O)[C@H](OCc2ccccc2)[C@@H](OCc2ccccc2)[C@H]1OCc1ccccc1)C(F)(F)F. The van der Waals surface area contributed by atoms with Crippen LogP contribution in [0.1, 0.15) is 16.7 Å². The number of benzene rings is 3. The van der Waals surface area contributed by atoms with Gasteiger partial charge in [0.1, 0.15) is 24.4 Å². The molecule has 0 amide bonds. The van der Waals surface area contributed by atoms with Crippen molar-refractivity contribution in [1.29, 1.82) is 0 Å². The van der Waals surface area contributed by atoms with Crippen LogP contribution in [0.3, 0.4) is 0 Å². The largest absolute Gasteiger partial charge is 0.523 e. The lowest BCUT2D eigenvalue weighted by atomic mass is 9.98. The van der Waals surface area contributed by atoms with Gasteiger partial charge in [0.2, 0.25) is 0 Å². The Hall–Kier alpha value is -2.84. The fourth-order valence-electron chi connectivity index (χ4n) is 4.12. The molecule has 5 atom stereocenters. The van der Waals surface area contributed by atoms with Gasteiger partial charge in [-0.25, -0.2) is 0 Å². The summed E-state index contributed by atoms with van der Waals surface area (Å²) in [6, 6.07) is 27.1. The molecule has 0 bridgehead atoms. The maximum Gasteiger partial charge on any atom is 0.523 e. The molecular weight excluding hydrogens is 553 g/mol. The van der Waals surface area contributed by atoms with Crippen molar-refractivity contribution >= 4 is 10.1 Å². The fraction of sp³-hybridized carbons (Fsp3) is 0.357. The van der Waals surface area contributed by atoms with E-state index in [2.05, 4.69) is 4.18 Å². The standard InChI is InChI=1S/C28H29F3O8S/c29-28(30,31)40(33,34)38-19-23-24(35-16-20-10-4-1-5-11-20)25(36-17-21-12-6-2-7-13-21)26(27(32)39-23)37-18-22-14-8-3-9-15-22/h1-15,23-27,32H,16-19H2/t23-,24+,25+,26-,27+/m1/s1. The van der Waals surface area contributed by atoms with Gasteiger partial charge in [-0.3, -0.25) is 4.18 Å². The number of rotatable bonds is 12. The normalized spacial score (nSPS) is 23.6. The summed E-state index contributed by atoms with van der Waals surface area (Å²) in [4.78, 5) is 0. The molecule has 1 fully saturated rings. The Bertz CT molecular complexity index is 1280. The monoisotopic (exact) mass is 582 g/mol. The Morgan fingerprint density at radius 3 is 1.50 bits per heavy atom. The van der Waals surface area contributed by atoms with Crippen LogP contribution in [0.2, 0.25) is 0 Å². The highest BCUT2D eigenvalue weighted by Gasteiger charge is 2.51. The van der Waals surface area contributed by atoms with Crippen LogP contribution in [0.5, 0.6) is 0 Å². The van der Waals surface area contributed by atoms with Crippen LogP contribution in [-0.4, -0.2) is 56.3 Å². The molecule has 12 heteroatoms. The van der Waals surface area contributed by atoms with Crippen LogP contribution in [-0.2, 0) is 53.1 Å². The van der Waals surface area contributed by atoms with Crippen LogP contribution in [0.25, 0.3) is 0 Å². The molecule has 1 aliphatic rings. The third-order valence-electron chi connectivity index (χ3n) is 6.14. The molecule has 1 saturated heterocycles. The molecule has 40 heavy (non-hydrogen) atoms. The lowest BCUT2D eigenvalue weighted by molar-refractivity contribution is -0.314. The van der Waals surface area contributed by atoms with E-state index in [0.717, 1.165) is 16.7 Å². The van der Waals surface area contributed by atoms with Crippen LogP contribution in [0, 0.1) is 0 Å². The molecule has 4 rings (SSSR count). The van der Waals surface area contributed by atoms with Gasteiger partial charge >= 0.3 is 15.6 Å². The number of hydrogen-bond donors (Lipinski definition) is 1. The van der Waals surface area contributed by atoms with Crippen molar-refractivity contribution in [2.75, 3.05) is 6.61 Å². The number of ether oxygens (including phenoxy) is 4. The molecule has 0 radical (unpaired) electrons.